The third-order valence-electron chi connectivity index (χ3n) is 4.23. The molecular formula is C16H23Cl2N. The molecule has 1 aliphatic rings. The van der Waals surface area contributed by atoms with Crippen LogP contribution in [0.5, 0.6) is 0 Å². The van der Waals surface area contributed by atoms with Crippen molar-refractivity contribution in [2.45, 2.75) is 51.5 Å². The lowest BCUT2D eigenvalue weighted by Gasteiger charge is -2.28. The van der Waals surface area contributed by atoms with Crippen LogP contribution in [0, 0.1) is 5.92 Å². The van der Waals surface area contributed by atoms with E-state index in [2.05, 4.69) is 12.2 Å². The maximum absolute atomic E-state index is 6.18. The summed E-state index contributed by atoms with van der Waals surface area (Å²) in [6.07, 6.45) is 7.96. The van der Waals surface area contributed by atoms with Gasteiger partial charge in [0.15, 0.2) is 0 Å². The minimum Gasteiger partial charge on any atom is -0.314 e. The van der Waals surface area contributed by atoms with Crippen LogP contribution in [-0.4, -0.2) is 12.6 Å². The summed E-state index contributed by atoms with van der Waals surface area (Å²) in [6, 6.07) is 6.37. The molecule has 1 fully saturated rings. The number of benzene rings is 1. The molecule has 1 aromatic carbocycles. The Hall–Kier alpha value is -0.240. The van der Waals surface area contributed by atoms with Crippen molar-refractivity contribution in [1.82, 2.24) is 5.32 Å². The van der Waals surface area contributed by atoms with Crippen molar-refractivity contribution in [3.63, 3.8) is 0 Å². The first-order valence-corrected chi connectivity index (χ1v) is 8.09. The van der Waals surface area contributed by atoms with Crippen molar-refractivity contribution < 1.29 is 0 Å². The Bertz CT molecular complexity index is 400. The molecule has 1 unspecified atom stereocenters. The normalized spacial score (nSPS) is 18.5. The van der Waals surface area contributed by atoms with Gasteiger partial charge in [-0.3, -0.25) is 0 Å². The molecule has 2 rings (SSSR count). The molecule has 1 aliphatic carbocycles. The molecular weight excluding hydrogens is 277 g/mol. The smallest absolute Gasteiger partial charge is 0.0453 e. The molecule has 1 saturated carbocycles. The predicted molar refractivity (Wildman–Crippen MR) is 84.2 cm³/mol. The number of halogens is 2. The van der Waals surface area contributed by atoms with Crippen molar-refractivity contribution in [3.8, 4) is 0 Å². The van der Waals surface area contributed by atoms with Gasteiger partial charge < -0.3 is 5.32 Å². The van der Waals surface area contributed by atoms with E-state index >= 15 is 0 Å². The lowest BCUT2D eigenvalue weighted by atomic mass is 9.84. The minimum atomic E-state index is 0.617. The van der Waals surface area contributed by atoms with Gasteiger partial charge in [-0.2, -0.15) is 0 Å². The van der Waals surface area contributed by atoms with E-state index in [9.17, 15) is 0 Å². The standard InChI is InChI=1S/C16H23Cl2N/c1-12(13-5-3-2-4-6-13)19-10-9-14-7-8-15(17)11-16(14)18/h7-8,11-13,19H,2-6,9-10H2,1H3. The molecule has 3 heteroatoms. The topological polar surface area (TPSA) is 12.0 Å². The summed E-state index contributed by atoms with van der Waals surface area (Å²) in [5, 5.41) is 5.13. The van der Waals surface area contributed by atoms with Crippen molar-refractivity contribution >= 4 is 23.2 Å². The Kier molecular flexibility index (Phi) is 6.00. The Morgan fingerprint density at radius 1 is 1.21 bits per heavy atom. The number of hydrogen-bond donors (Lipinski definition) is 1. The first kappa shape index (κ1) is 15.2. The van der Waals surface area contributed by atoms with Gasteiger partial charge in [-0.05, 0) is 56.3 Å². The van der Waals surface area contributed by atoms with Gasteiger partial charge in [-0.15, -0.1) is 0 Å². The third kappa shape index (κ3) is 4.66. The third-order valence-corrected chi connectivity index (χ3v) is 4.82. The van der Waals surface area contributed by atoms with E-state index in [0.29, 0.717) is 11.1 Å². The van der Waals surface area contributed by atoms with E-state index in [0.717, 1.165) is 23.9 Å². The first-order valence-electron chi connectivity index (χ1n) is 7.34. The predicted octanol–water partition coefficient (Wildman–Crippen LogP) is 5.09. The Morgan fingerprint density at radius 3 is 2.63 bits per heavy atom. The summed E-state index contributed by atoms with van der Waals surface area (Å²) in [7, 11) is 0. The van der Waals surface area contributed by atoms with Gasteiger partial charge in [0.25, 0.3) is 0 Å². The maximum Gasteiger partial charge on any atom is 0.0453 e. The molecule has 0 aromatic heterocycles. The van der Waals surface area contributed by atoms with Crippen LogP contribution in [0.2, 0.25) is 10.0 Å². The monoisotopic (exact) mass is 299 g/mol. The second-order valence-corrected chi connectivity index (χ2v) is 6.47. The molecule has 0 radical (unpaired) electrons. The lowest BCUT2D eigenvalue weighted by Crippen LogP contribution is -2.35. The van der Waals surface area contributed by atoms with Gasteiger partial charge in [-0.25, -0.2) is 0 Å². The number of rotatable bonds is 5. The highest BCUT2D eigenvalue weighted by Gasteiger charge is 2.19. The molecule has 19 heavy (non-hydrogen) atoms. The van der Waals surface area contributed by atoms with Crippen LogP contribution >= 0.6 is 23.2 Å². The van der Waals surface area contributed by atoms with E-state index in [1.54, 1.807) is 0 Å². The summed E-state index contributed by atoms with van der Waals surface area (Å²) in [5.41, 5.74) is 1.18. The fourth-order valence-corrected chi connectivity index (χ4v) is 3.46. The van der Waals surface area contributed by atoms with E-state index in [1.807, 2.05) is 18.2 Å². The highest BCUT2D eigenvalue weighted by molar-refractivity contribution is 6.35. The average Bonchev–Trinajstić information content (AvgIpc) is 2.42. The van der Waals surface area contributed by atoms with Gasteiger partial charge in [0.1, 0.15) is 0 Å². The molecule has 1 aromatic rings. The molecule has 106 valence electrons. The zero-order chi connectivity index (χ0) is 13.7. The average molecular weight is 300 g/mol. The van der Waals surface area contributed by atoms with Gasteiger partial charge in [-0.1, -0.05) is 48.5 Å². The van der Waals surface area contributed by atoms with Crippen LogP contribution in [0.15, 0.2) is 18.2 Å². The molecule has 0 bridgehead atoms. The minimum absolute atomic E-state index is 0.617. The molecule has 0 heterocycles. The fraction of sp³-hybridized carbons (Fsp3) is 0.625. The van der Waals surface area contributed by atoms with E-state index in [-0.39, 0.29) is 0 Å². The van der Waals surface area contributed by atoms with Crippen molar-refractivity contribution in [2.75, 3.05) is 6.54 Å². The Balaban J connectivity index is 1.76. The largest absolute Gasteiger partial charge is 0.314 e. The first-order chi connectivity index (χ1) is 9.16. The van der Waals surface area contributed by atoms with Crippen LogP contribution in [0.1, 0.15) is 44.6 Å². The summed E-state index contributed by atoms with van der Waals surface area (Å²) in [6.45, 7) is 3.30. The summed E-state index contributed by atoms with van der Waals surface area (Å²) in [4.78, 5) is 0. The zero-order valence-electron chi connectivity index (χ0n) is 11.6. The van der Waals surface area contributed by atoms with Gasteiger partial charge in [0.05, 0.1) is 0 Å². The Labute approximate surface area is 126 Å². The highest BCUT2D eigenvalue weighted by Crippen LogP contribution is 2.26. The van der Waals surface area contributed by atoms with Crippen LogP contribution < -0.4 is 5.32 Å². The second-order valence-electron chi connectivity index (χ2n) is 5.63. The maximum atomic E-state index is 6.18. The van der Waals surface area contributed by atoms with E-state index < -0.39 is 0 Å². The molecule has 0 amide bonds. The van der Waals surface area contributed by atoms with Gasteiger partial charge in [0, 0.05) is 16.1 Å². The second kappa shape index (κ2) is 7.52. The lowest BCUT2D eigenvalue weighted by molar-refractivity contribution is 0.283. The number of nitrogens with one attached hydrogen (secondary N) is 1. The van der Waals surface area contributed by atoms with E-state index in [1.165, 1.54) is 37.7 Å². The molecule has 1 N–H and O–H groups in total. The van der Waals surface area contributed by atoms with Crippen LogP contribution in [0.25, 0.3) is 0 Å². The molecule has 0 spiro atoms. The van der Waals surface area contributed by atoms with Crippen LogP contribution in [-0.2, 0) is 6.42 Å². The van der Waals surface area contributed by atoms with Crippen molar-refractivity contribution in [3.05, 3.63) is 33.8 Å². The highest BCUT2D eigenvalue weighted by atomic mass is 35.5. The van der Waals surface area contributed by atoms with E-state index in [4.69, 9.17) is 23.2 Å². The quantitative estimate of drug-likeness (QED) is 0.798. The zero-order valence-corrected chi connectivity index (χ0v) is 13.1. The molecule has 1 atom stereocenters. The fourth-order valence-electron chi connectivity index (χ4n) is 2.96. The molecule has 0 saturated heterocycles. The van der Waals surface area contributed by atoms with Gasteiger partial charge in [0.2, 0.25) is 0 Å². The van der Waals surface area contributed by atoms with Crippen molar-refractivity contribution in [1.29, 1.82) is 0 Å². The Morgan fingerprint density at radius 2 is 1.95 bits per heavy atom. The SMILES string of the molecule is CC(NCCc1ccc(Cl)cc1Cl)C1CCCCC1. The summed E-state index contributed by atoms with van der Waals surface area (Å²) < 4.78 is 0. The summed E-state index contributed by atoms with van der Waals surface area (Å²) >= 11 is 12.1. The molecule has 1 nitrogen and oxygen atoms in total. The summed E-state index contributed by atoms with van der Waals surface area (Å²) in [5.74, 6) is 0.856. The molecule has 0 aliphatic heterocycles. The van der Waals surface area contributed by atoms with Crippen molar-refractivity contribution in [2.24, 2.45) is 5.92 Å². The van der Waals surface area contributed by atoms with Gasteiger partial charge >= 0.3 is 0 Å². The number of hydrogen-bond acceptors (Lipinski definition) is 1. The van der Waals surface area contributed by atoms with Crippen LogP contribution in [0.3, 0.4) is 0 Å². The van der Waals surface area contributed by atoms with Crippen LogP contribution in [0.4, 0.5) is 0 Å².